The Morgan fingerprint density at radius 2 is 1.21 bits per heavy atom. The van der Waals surface area contributed by atoms with Crippen LogP contribution >= 0.6 is 0 Å². The molecular weight excluding hydrogens is 565 g/mol. The molecule has 0 fully saturated rings. The zero-order valence-corrected chi connectivity index (χ0v) is 28.4. The van der Waals surface area contributed by atoms with E-state index in [0.29, 0.717) is 0 Å². The van der Waals surface area contributed by atoms with Crippen LogP contribution in [0.25, 0.3) is 66.7 Å². The molecule has 0 spiro atoms. The van der Waals surface area contributed by atoms with Gasteiger partial charge in [-0.05, 0) is 126 Å². The molecule has 0 aromatic heterocycles. The maximum atomic E-state index is 2.48. The van der Waals surface area contributed by atoms with Gasteiger partial charge in [-0.3, -0.25) is 0 Å². The SMILES string of the molecule is CC(C)C.CCC1=C(C)C=C(c2ccc3c(-c4ccc5ccccc5c4)c4ccccc4c(C4=CCC=c5ccccc5=C4)c3c2)C1. The molecule has 6 aromatic rings. The summed E-state index contributed by atoms with van der Waals surface area (Å²) in [6.07, 6.45) is 12.6. The lowest BCUT2D eigenvalue weighted by Crippen LogP contribution is -2.22. The third-order valence-electron chi connectivity index (χ3n) is 9.48. The van der Waals surface area contributed by atoms with Gasteiger partial charge < -0.3 is 0 Å². The van der Waals surface area contributed by atoms with Crippen molar-refractivity contribution in [2.75, 3.05) is 0 Å². The van der Waals surface area contributed by atoms with Crippen LogP contribution < -0.4 is 10.4 Å². The molecule has 0 heteroatoms. The van der Waals surface area contributed by atoms with Gasteiger partial charge in [-0.15, -0.1) is 0 Å². The summed E-state index contributed by atoms with van der Waals surface area (Å²) in [6, 6.07) is 40.6. The average molecular weight is 609 g/mol. The first kappa shape index (κ1) is 30.7. The number of hydrogen-bond donors (Lipinski definition) is 0. The number of fused-ring (bicyclic) bond motifs is 4. The second-order valence-electron chi connectivity index (χ2n) is 13.7. The third kappa shape index (κ3) is 6.01. The molecule has 0 bridgehead atoms. The minimum absolute atomic E-state index is 0.833. The summed E-state index contributed by atoms with van der Waals surface area (Å²) in [6.45, 7) is 11.0. The van der Waals surface area contributed by atoms with Crippen LogP contribution in [0.4, 0.5) is 0 Å². The summed E-state index contributed by atoms with van der Waals surface area (Å²) in [7, 11) is 0. The Hall–Kier alpha value is -4.94. The highest BCUT2D eigenvalue weighted by molar-refractivity contribution is 6.21. The van der Waals surface area contributed by atoms with Gasteiger partial charge in [0.2, 0.25) is 0 Å². The Morgan fingerprint density at radius 1 is 0.574 bits per heavy atom. The first-order chi connectivity index (χ1) is 22.9. The minimum atomic E-state index is 0.833. The fourth-order valence-corrected chi connectivity index (χ4v) is 7.26. The summed E-state index contributed by atoms with van der Waals surface area (Å²) in [4.78, 5) is 0. The summed E-state index contributed by atoms with van der Waals surface area (Å²) in [5, 5.41) is 10.4. The highest BCUT2D eigenvalue weighted by Gasteiger charge is 2.20. The van der Waals surface area contributed by atoms with Crippen molar-refractivity contribution in [2.24, 2.45) is 5.92 Å². The lowest BCUT2D eigenvalue weighted by Gasteiger charge is -2.19. The van der Waals surface area contributed by atoms with Crippen molar-refractivity contribution in [3.05, 3.63) is 154 Å². The minimum Gasteiger partial charge on any atom is -0.0728 e. The highest BCUT2D eigenvalue weighted by atomic mass is 14.2. The molecule has 0 amide bonds. The van der Waals surface area contributed by atoms with Crippen molar-refractivity contribution in [1.82, 2.24) is 0 Å². The van der Waals surface area contributed by atoms with Gasteiger partial charge >= 0.3 is 0 Å². The molecule has 2 aliphatic rings. The second-order valence-corrected chi connectivity index (χ2v) is 13.7. The number of hydrogen-bond acceptors (Lipinski definition) is 0. The quantitative estimate of drug-likeness (QED) is 0.175. The second kappa shape index (κ2) is 13.0. The van der Waals surface area contributed by atoms with Gasteiger partial charge in [0.15, 0.2) is 0 Å². The third-order valence-corrected chi connectivity index (χ3v) is 9.48. The summed E-state index contributed by atoms with van der Waals surface area (Å²) in [5.74, 6) is 0.833. The molecule has 0 atom stereocenters. The monoisotopic (exact) mass is 608 g/mol. The zero-order valence-electron chi connectivity index (χ0n) is 28.4. The molecule has 8 rings (SSSR count). The lowest BCUT2D eigenvalue weighted by molar-refractivity contribution is 0.737. The van der Waals surface area contributed by atoms with Crippen LogP contribution in [0, 0.1) is 5.92 Å². The Morgan fingerprint density at radius 3 is 1.96 bits per heavy atom. The Labute approximate surface area is 279 Å². The first-order valence-electron chi connectivity index (χ1n) is 17.3. The van der Waals surface area contributed by atoms with E-state index in [-0.39, 0.29) is 0 Å². The number of benzene rings is 6. The molecular formula is C47H44. The molecule has 0 N–H and O–H groups in total. The fraction of sp³-hybridized carbons (Fsp3) is 0.191. The van der Waals surface area contributed by atoms with Gasteiger partial charge in [-0.1, -0.05) is 154 Å². The van der Waals surface area contributed by atoms with Gasteiger partial charge in [0.25, 0.3) is 0 Å². The Bertz CT molecular complexity index is 2370. The fourth-order valence-electron chi connectivity index (χ4n) is 7.26. The van der Waals surface area contributed by atoms with E-state index in [1.165, 1.54) is 81.7 Å². The molecule has 2 aliphatic carbocycles. The van der Waals surface area contributed by atoms with E-state index in [1.54, 1.807) is 5.57 Å². The molecule has 0 saturated heterocycles. The molecule has 47 heavy (non-hydrogen) atoms. The van der Waals surface area contributed by atoms with Crippen molar-refractivity contribution >= 4 is 55.6 Å². The molecule has 0 nitrogen and oxygen atoms in total. The van der Waals surface area contributed by atoms with Crippen LogP contribution in [0.15, 0.2) is 132 Å². The van der Waals surface area contributed by atoms with Gasteiger partial charge in [0.05, 0.1) is 0 Å². The van der Waals surface area contributed by atoms with E-state index >= 15 is 0 Å². The Kier molecular flexibility index (Phi) is 8.52. The van der Waals surface area contributed by atoms with Crippen LogP contribution in [0.5, 0.6) is 0 Å². The van der Waals surface area contributed by atoms with Crippen LogP contribution in [0.2, 0.25) is 0 Å². The highest BCUT2D eigenvalue weighted by Crippen LogP contribution is 2.44. The van der Waals surface area contributed by atoms with Crippen molar-refractivity contribution in [3.63, 3.8) is 0 Å². The van der Waals surface area contributed by atoms with Crippen LogP contribution in [0.1, 0.15) is 65.0 Å². The normalized spacial score (nSPS) is 14.3. The molecule has 0 radical (unpaired) electrons. The van der Waals surface area contributed by atoms with E-state index in [9.17, 15) is 0 Å². The molecule has 0 unspecified atom stereocenters. The Balaban J connectivity index is 0.000000833. The predicted molar refractivity (Wildman–Crippen MR) is 208 cm³/mol. The lowest BCUT2D eigenvalue weighted by atomic mass is 9.84. The average Bonchev–Trinajstić information content (AvgIpc) is 3.33. The van der Waals surface area contributed by atoms with E-state index in [0.717, 1.165) is 25.2 Å². The predicted octanol–water partition coefficient (Wildman–Crippen LogP) is 12.0. The summed E-state index contributed by atoms with van der Waals surface area (Å²) >= 11 is 0. The number of rotatable bonds is 4. The standard InChI is InChI=1S/C43H34.C4H10/c1-3-29-24-37(23-28(29)2)34-21-22-40-41(27-34)43(35-16-10-15-30-11-4-6-13-32(30)25-35)39-18-9-8-17-38(39)42(40)36-20-19-31-12-5-7-14-33(31)26-36;1-4(2)3/h4-9,11-23,25-27H,3,10,24H2,1-2H3;4H,1-3H3. The van der Waals surface area contributed by atoms with Crippen molar-refractivity contribution in [1.29, 1.82) is 0 Å². The summed E-state index contributed by atoms with van der Waals surface area (Å²) < 4.78 is 0. The first-order valence-corrected chi connectivity index (χ1v) is 17.3. The zero-order chi connectivity index (χ0) is 32.5. The van der Waals surface area contributed by atoms with Crippen LogP contribution in [-0.2, 0) is 0 Å². The largest absolute Gasteiger partial charge is 0.0728 e. The molecule has 232 valence electrons. The number of allylic oxidation sites excluding steroid dienone is 6. The van der Waals surface area contributed by atoms with Crippen molar-refractivity contribution in [2.45, 2.75) is 53.9 Å². The maximum absolute atomic E-state index is 2.48. The topological polar surface area (TPSA) is 0 Å². The molecule has 0 heterocycles. The van der Waals surface area contributed by atoms with E-state index < -0.39 is 0 Å². The van der Waals surface area contributed by atoms with E-state index in [4.69, 9.17) is 0 Å². The van der Waals surface area contributed by atoms with Crippen molar-refractivity contribution < 1.29 is 0 Å². The molecule has 0 saturated carbocycles. The smallest absolute Gasteiger partial charge is 0.00261 e. The molecule has 6 aromatic carbocycles. The molecule has 0 aliphatic heterocycles. The van der Waals surface area contributed by atoms with Gasteiger partial charge in [-0.25, -0.2) is 0 Å². The van der Waals surface area contributed by atoms with Crippen LogP contribution in [-0.4, -0.2) is 0 Å². The van der Waals surface area contributed by atoms with E-state index in [2.05, 4.69) is 168 Å². The maximum Gasteiger partial charge on any atom is -0.00261 e. The van der Waals surface area contributed by atoms with E-state index in [1.807, 2.05) is 0 Å². The van der Waals surface area contributed by atoms with Gasteiger partial charge in [0, 0.05) is 0 Å². The van der Waals surface area contributed by atoms with Crippen LogP contribution in [0.3, 0.4) is 0 Å². The summed E-state index contributed by atoms with van der Waals surface area (Å²) in [5.41, 5.74) is 11.0. The van der Waals surface area contributed by atoms with Gasteiger partial charge in [-0.2, -0.15) is 0 Å². The van der Waals surface area contributed by atoms with Gasteiger partial charge in [0.1, 0.15) is 0 Å². The van der Waals surface area contributed by atoms with Crippen molar-refractivity contribution in [3.8, 4) is 11.1 Å².